The first-order valence-corrected chi connectivity index (χ1v) is 10.7. The molecule has 1 aliphatic carbocycles. The van der Waals surface area contributed by atoms with Crippen LogP contribution < -0.4 is 4.90 Å². The zero-order valence-electron chi connectivity index (χ0n) is 18.5. The fourth-order valence-corrected chi connectivity index (χ4v) is 3.98. The van der Waals surface area contributed by atoms with Crippen molar-refractivity contribution in [2.75, 3.05) is 11.6 Å². The van der Waals surface area contributed by atoms with Gasteiger partial charge in [0.1, 0.15) is 25.1 Å². The van der Waals surface area contributed by atoms with Crippen molar-refractivity contribution in [3.05, 3.63) is 64.5 Å². The van der Waals surface area contributed by atoms with Gasteiger partial charge >= 0.3 is 12.4 Å². The summed E-state index contributed by atoms with van der Waals surface area (Å²) in [4.78, 5) is 22.2. The van der Waals surface area contributed by atoms with Crippen molar-refractivity contribution < 1.29 is 45.4 Å². The number of aliphatic hydroxyl groups excluding tert-OH is 1. The molecule has 2 aromatic rings. The van der Waals surface area contributed by atoms with E-state index in [1.807, 2.05) is 0 Å². The van der Waals surface area contributed by atoms with E-state index in [-0.39, 0.29) is 36.7 Å². The van der Waals surface area contributed by atoms with Gasteiger partial charge in [-0.2, -0.15) is 26.3 Å². The smallest absolute Gasteiger partial charge is 0.376 e. The van der Waals surface area contributed by atoms with Crippen LogP contribution in [0.2, 0.25) is 0 Å². The molecule has 0 aromatic heterocycles. The van der Waals surface area contributed by atoms with Gasteiger partial charge in [0.05, 0.1) is 11.1 Å². The first kappa shape index (κ1) is 28.3. The van der Waals surface area contributed by atoms with Crippen LogP contribution in [0.3, 0.4) is 0 Å². The van der Waals surface area contributed by atoms with Crippen LogP contribution in [-0.2, 0) is 34.8 Å². The number of carbonyl (C=O) groups is 2. The molecule has 0 bridgehead atoms. The average molecular weight is 507 g/mol. The molecule has 3 rings (SSSR count). The molecule has 0 aliphatic heterocycles. The normalized spacial score (nSPS) is 14.3. The summed E-state index contributed by atoms with van der Waals surface area (Å²) in [6, 6.07) is 6.23. The van der Waals surface area contributed by atoms with Gasteiger partial charge < -0.3 is 19.6 Å². The number of halogens is 7. The third-order valence-corrected chi connectivity index (χ3v) is 5.63. The Morgan fingerprint density at radius 2 is 1.31 bits per heavy atom. The van der Waals surface area contributed by atoms with Gasteiger partial charge in [-0.15, -0.1) is 0 Å². The summed E-state index contributed by atoms with van der Waals surface area (Å²) in [5, 5.41) is 9.49. The van der Waals surface area contributed by atoms with Gasteiger partial charge in [-0.3, -0.25) is 0 Å². The second-order valence-corrected chi connectivity index (χ2v) is 7.93. The Kier molecular flexibility index (Phi) is 9.82. The molecular formula is C24H24F7NO3. The Labute approximate surface area is 197 Å². The monoisotopic (exact) mass is 507 g/mol. The minimum absolute atomic E-state index is 0.0365. The van der Waals surface area contributed by atoms with Crippen molar-refractivity contribution in [1.29, 1.82) is 0 Å². The fourth-order valence-electron chi connectivity index (χ4n) is 3.98. The first-order valence-electron chi connectivity index (χ1n) is 10.7. The summed E-state index contributed by atoms with van der Waals surface area (Å²) in [5.74, 6) is -0.966. The van der Waals surface area contributed by atoms with Crippen LogP contribution >= 0.6 is 0 Å². The fraction of sp³-hybridized carbons (Fsp3) is 0.417. The highest BCUT2D eigenvalue weighted by Crippen LogP contribution is 2.36. The van der Waals surface area contributed by atoms with Gasteiger partial charge in [0.25, 0.3) is 0 Å². The zero-order chi connectivity index (χ0) is 26.2. The van der Waals surface area contributed by atoms with Crippen LogP contribution in [0.15, 0.2) is 36.4 Å². The second kappa shape index (κ2) is 12.1. The number of benzene rings is 2. The first-order chi connectivity index (χ1) is 16.4. The Bertz CT molecular complexity index is 1000. The Hall–Kier alpha value is -2.95. The minimum atomic E-state index is -4.62. The third-order valence-electron chi connectivity index (χ3n) is 5.63. The number of alkyl halides is 6. The lowest BCUT2D eigenvalue weighted by molar-refractivity contribution is -0.139. The molecule has 1 N–H and O–H groups in total. The highest BCUT2D eigenvalue weighted by Gasteiger charge is 2.35. The Morgan fingerprint density at radius 3 is 1.77 bits per heavy atom. The number of aldehydes is 2. The van der Waals surface area contributed by atoms with E-state index >= 15 is 0 Å². The summed E-state index contributed by atoms with van der Waals surface area (Å²) >= 11 is 0. The van der Waals surface area contributed by atoms with E-state index in [0.717, 1.165) is 43.9 Å². The zero-order valence-corrected chi connectivity index (χ0v) is 18.5. The SMILES string of the molecule is O=CCc1ccc(F)cc1C(F)(F)F.O=CCc1ccc(N(CO)C2CCCC2)cc1C(F)(F)F. The predicted molar refractivity (Wildman–Crippen MR) is 114 cm³/mol. The lowest BCUT2D eigenvalue weighted by atomic mass is 10.0. The summed E-state index contributed by atoms with van der Waals surface area (Å²) < 4.78 is 88.6. The molecule has 1 aliphatic rings. The van der Waals surface area contributed by atoms with E-state index in [4.69, 9.17) is 0 Å². The predicted octanol–water partition coefficient (Wildman–Crippen LogP) is 5.73. The summed E-state index contributed by atoms with van der Waals surface area (Å²) in [6.45, 7) is -0.311. The van der Waals surface area contributed by atoms with E-state index < -0.39 is 29.3 Å². The molecule has 1 fully saturated rings. The topological polar surface area (TPSA) is 57.6 Å². The van der Waals surface area contributed by atoms with Crippen molar-refractivity contribution in [2.24, 2.45) is 0 Å². The molecule has 0 spiro atoms. The molecule has 0 saturated heterocycles. The molecule has 2 aromatic carbocycles. The van der Waals surface area contributed by atoms with E-state index in [0.29, 0.717) is 24.3 Å². The van der Waals surface area contributed by atoms with Gasteiger partial charge in [-0.05, 0) is 48.2 Å². The van der Waals surface area contributed by atoms with Crippen molar-refractivity contribution in [2.45, 2.75) is 56.9 Å². The van der Waals surface area contributed by atoms with E-state index in [2.05, 4.69) is 0 Å². The third kappa shape index (κ3) is 7.78. The number of anilines is 1. The van der Waals surface area contributed by atoms with Crippen molar-refractivity contribution >= 4 is 18.3 Å². The van der Waals surface area contributed by atoms with Gasteiger partial charge in [0.2, 0.25) is 0 Å². The van der Waals surface area contributed by atoms with Gasteiger partial charge in [0, 0.05) is 24.6 Å². The molecule has 35 heavy (non-hydrogen) atoms. The molecule has 11 heteroatoms. The highest BCUT2D eigenvalue weighted by atomic mass is 19.4. The molecule has 192 valence electrons. The number of carbonyl (C=O) groups excluding carboxylic acids is 2. The second-order valence-electron chi connectivity index (χ2n) is 7.93. The maximum Gasteiger partial charge on any atom is 0.416 e. The lowest BCUT2D eigenvalue weighted by Crippen LogP contribution is -2.34. The number of hydrogen-bond acceptors (Lipinski definition) is 4. The van der Waals surface area contributed by atoms with Gasteiger partial charge in [0.15, 0.2) is 0 Å². The molecular weight excluding hydrogens is 483 g/mol. The van der Waals surface area contributed by atoms with Crippen LogP contribution in [0.5, 0.6) is 0 Å². The number of aliphatic hydroxyl groups is 1. The van der Waals surface area contributed by atoms with E-state index in [9.17, 15) is 45.4 Å². The molecule has 0 heterocycles. The van der Waals surface area contributed by atoms with Crippen molar-refractivity contribution in [3.8, 4) is 0 Å². The quantitative estimate of drug-likeness (QED) is 0.296. The summed E-state index contributed by atoms with van der Waals surface area (Å²) in [7, 11) is 0. The number of nitrogens with zero attached hydrogens (tertiary/aromatic N) is 1. The number of hydrogen-bond donors (Lipinski definition) is 1. The average Bonchev–Trinajstić information content (AvgIpc) is 3.30. The van der Waals surface area contributed by atoms with Crippen LogP contribution in [0.4, 0.5) is 36.4 Å². The maximum atomic E-state index is 13.1. The van der Waals surface area contributed by atoms with E-state index in [1.54, 1.807) is 11.0 Å². The largest absolute Gasteiger partial charge is 0.416 e. The number of rotatable bonds is 7. The summed E-state index contributed by atoms with van der Waals surface area (Å²) in [5.41, 5.74) is -1.79. The molecule has 1 saturated carbocycles. The molecule has 0 unspecified atom stereocenters. The Balaban J connectivity index is 0.000000269. The molecule has 4 nitrogen and oxygen atoms in total. The van der Waals surface area contributed by atoms with Gasteiger partial charge in [-0.25, -0.2) is 4.39 Å². The van der Waals surface area contributed by atoms with Crippen LogP contribution in [0.1, 0.15) is 47.9 Å². The lowest BCUT2D eigenvalue weighted by Gasteiger charge is -2.29. The Morgan fingerprint density at radius 1 is 0.829 bits per heavy atom. The minimum Gasteiger partial charge on any atom is -0.376 e. The molecule has 0 amide bonds. The van der Waals surface area contributed by atoms with Crippen LogP contribution in [0.25, 0.3) is 0 Å². The van der Waals surface area contributed by atoms with Gasteiger partial charge in [-0.1, -0.05) is 25.0 Å². The molecule has 0 atom stereocenters. The van der Waals surface area contributed by atoms with Crippen LogP contribution in [0, 0.1) is 5.82 Å². The maximum absolute atomic E-state index is 13.1. The standard InChI is InChI=1S/C15H18F3NO2.C9H6F4O/c16-15(17,18)14-9-13(6-5-11(14)7-8-20)19(10-21)12-3-1-2-4-12;10-7-2-1-6(3-4-14)8(5-7)9(11,12)13/h5-6,8-9,12,21H,1-4,7,10H2;1-2,4-5H,3H2. The molecule has 0 radical (unpaired) electrons. The van der Waals surface area contributed by atoms with E-state index in [1.165, 1.54) is 6.07 Å². The summed E-state index contributed by atoms with van der Waals surface area (Å²) in [6.07, 6.45) is -5.16. The highest BCUT2D eigenvalue weighted by molar-refractivity contribution is 5.60. The van der Waals surface area contributed by atoms with Crippen molar-refractivity contribution in [3.63, 3.8) is 0 Å². The van der Waals surface area contributed by atoms with Crippen molar-refractivity contribution in [1.82, 2.24) is 0 Å². The van der Waals surface area contributed by atoms with Crippen LogP contribution in [-0.4, -0.2) is 30.5 Å².